The van der Waals surface area contributed by atoms with Crippen LogP contribution in [0.1, 0.15) is 11.6 Å². The van der Waals surface area contributed by atoms with E-state index in [1.54, 1.807) is 24.2 Å². The van der Waals surface area contributed by atoms with E-state index in [4.69, 9.17) is 5.73 Å². The molecule has 2 atom stereocenters. The molecule has 2 aromatic rings. The lowest BCUT2D eigenvalue weighted by Gasteiger charge is -2.35. The Labute approximate surface area is 132 Å². The van der Waals surface area contributed by atoms with Crippen LogP contribution in [0.4, 0.5) is 10.5 Å². The van der Waals surface area contributed by atoms with Crippen LogP contribution in [-0.4, -0.2) is 50.0 Å². The molecule has 0 radical (unpaired) electrons. The van der Waals surface area contributed by atoms with Crippen LogP contribution in [0, 0.1) is 0 Å². The lowest BCUT2D eigenvalue weighted by atomic mass is 10.0. The first kappa shape index (κ1) is 14.8. The van der Waals surface area contributed by atoms with E-state index in [9.17, 15) is 9.90 Å². The lowest BCUT2D eigenvalue weighted by molar-refractivity contribution is 0.145. The minimum Gasteiger partial charge on any atom is -0.465 e. The second-order valence-corrected chi connectivity index (χ2v) is 6.59. The number of nitrogens with zero attached hydrogens (tertiary/aromatic N) is 3. The minimum atomic E-state index is -0.864. The molecule has 1 saturated heterocycles. The molecule has 3 rings (SSSR count). The monoisotopic (exact) mass is 318 g/mol. The second-order valence-electron chi connectivity index (χ2n) is 5.25. The molecule has 0 bridgehead atoms. The summed E-state index contributed by atoms with van der Waals surface area (Å²) >= 11 is 1.78. The van der Waals surface area contributed by atoms with Gasteiger partial charge in [0.25, 0.3) is 0 Å². The fourth-order valence-electron chi connectivity index (χ4n) is 2.73. The van der Waals surface area contributed by atoms with E-state index in [0.717, 1.165) is 11.3 Å². The number of carbonyl (C=O) groups is 1. The summed E-state index contributed by atoms with van der Waals surface area (Å²) < 4.78 is 1.84. The number of hydrogen-bond acceptors (Lipinski definition) is 4. The van der Waals surface area contributed by atoms with Gasteiger partial charge in [-0.15, -0.1) is 0 Å². The highest BCUT2D eigenvalue weighted by Crippen LogP contribution is 2.33. The summed E-state index contributed by atoms with van der Waals surface area (Å²) in [4.78, 5) is 12.8. The minimum absolute atomic E-state index is 0.0364. The zero-order valence-corrected chi connectivity index (χ0v) is 12.8. The maximum atomic E-state index is 11.3. The van der Waals surface area contributed by atoms with Gasteiger partial charge in [-0.25, -0.2) is 4.79 Å². The summed E-state index contributed by atoms with van der Waals surface area (Å²) in [6.45, 7) is 1.05. The predicted octanol–water partition coefficient (Wildman–Crippen LogP) is 2.15. The Kier molecular flexibility index (Phi) is 4.24. The summed E-state index contributed by atoms with van der Waals surface area (Å²) in [5.41, 5.74) is 7.52. The largest absolute Gasteiger partial charge is 0.465 e. The van der Waals surface area contributed by atoms with Crippen molar-refractivity contribution in [3.63, 3.8) is 0 Å². The van der Waals surface area contributed by atoms with E-state index >= 15 is 0 Å². The molecule has 1 aromatic carbocycles. The Bertz CT molecular complexity index is 646. The number of nitrogen functional groups attached to an aromatic ring is 1. The molecule has 116 valence electrons. The molecule has 7 heteroatoms. The van der Waals surface area contributed by atoms with Crippen molar-refractivity contribution in [2.75, 3.05) is 24.6 Å². The van der Waals surface area contributed by atoms with Crippen LogP contribution in [0.25, 0.3) is 0 Å². The molecule has 0 saturated carbocycles. The molecule has 3 N–H and O–H groups in total. The maximum Gasteiger partial charge on any atom is 0.407 e. The van der Waals surface area contributed by atoms with E-state index in [1.807, 2.05) is 35.0 Å². The molecule has 2 unspecified atom stereocenters. The molecule has 0 aliphatic carbocycles. The van der Waals surface area contributed by atoms with Gasteiger partial charge in [-0.2, -0.15) is 16.9 Å². The van der Waals surface area contributed by atoms with Crippen molar-refractivity contribution >= 4 is 23.5 Å². The van der Waals surface area contributed by atoms with Gasteiger partial charge in [0.05, 0.1) is 17.9 Å². The third kappa shape index (κ3) is 3.04. The van der Waals surface area contributed by atoms with Gasteiger partial charge < -0.3 is 15.7 Å². The zero-order valence-electron chi connectivity index (χ0n) is 12.0. The molecule has 2 heterocycles. The van der Waals surface area contributed by atoms with Gasteiger partial charge >= 0.3 is 6.09 Å². The highest BCUT2D eigenvalue weighted by atomic mass is 32.2. The quantitative estimate of drug-likeness (QED) is 0.906. The SMILES string of the molecule is Nc1cnn(C(c2ccccc2)C2CN(C(=O)O)CCS2)c1. The number of nitrogens with two attached hydrogens (primary N) is 1. The molecule has 1 amide bonds. The Hall–Kier alpha value is -2.15. The molecule has 0 spiro atoms. The summed E-state index contributed by atoms with van der Waals surface area (Å²) in [7, 11) is 0. The van der Waals surface area contributed by atoms with Gasteiger partial charge in [0, 0.05) is 30.3 Å². The first-order valence-corrected chi connectivity index (χ1v) is 8.14. The van der Waals surface area contributed by atoms with Crippen molar-refractivity contribution in [3.8, 4) is 0 Å². The normalized spacial score (nSPS) is 19.8. The van der Waals surface area contributed by atoms with Crippen LogP contribution in [0.15, 0.2) is 42.7 Å². The first-order valence-electron chi connectivity index (χ1n) is 7.09. The van der Waals surface area contributed by atoms with Crippen molar-refractivity contribution < 1.29 is 9.90 Å². The molecule has 1 aliphatic rings. The van der Waals surface area contributed by atoms with Gasteiger partial charge in [-0.05, 0) is 5.56 Å². The van der Waals surface area contributed by atoms with E-state index in [-0.39, 0.29) is 11.3 Å². The van der Waals surface area contributed by atoms with Crippen LogP contribution in [-0.2, 0) is 0 Å². The number of benzene rings is 1. The van der Waals surface area contributed by atoms with Gasteiger partial charge in [-0.1, -0.05) is 30.3 Å². The average Bonchev–Trinajstić information content (AvgIpc) is 2.95. The third-order valence-corrected chi connectivity index (χ3v) is 5.02. The molecule has 6 nitrogen and oxygen atoms in total. The summed E-state index contributed by atoms with van der Waals surface area (Å²) in [5, 5.41) is 13.7. The van der Waals surface area contributed by atoms with Gasteiger partial charge in [0.1, 0.15) is 0 Å². The van der Waals surface area contributed by atoms with Crippen molar-refractivity contribution in [1.82, 2.24) is 14.7 Å². The number of thioether (sulfide) groups is 1. The van der Waals surface area contributed by atoms with Crippen molar-refractivity contribution in [1.29, 1.82) is 0 Å². The number of aromatic nitrogens is 2. The van der Waals surface area contributed by atoms with E-state index in [2.05, 4.69) is 5.10 Å². The summed E-state index contributed by atoms with van der Waals surface area (Å²) in [5.74, 6) is 0.789. The van der Waals surface area contributed by atoms with Crippen molar-refractivity contribution in [2.24, 2.45) is 0 Å². The van der Waals surface area contributed by atoms with Gasteiger partial charge in [0.2, 0.25) is 0 Å². The van der Waals surface area contributed by atoms with Crippen LogP contribution in [0.3, 0.4) is 0 Å². The molecule has 1 aromatic heterocycles. The number of rotatable bonds is 3. The standard InChI is InChI=1S/C15H18N4O2S/c16-12-8-17-19(9-12)14(11-4-2-1-3-5-11)13-10-18(15(20)21)6-7-22-13/h1-5,8-9,13-14H,6-7,10,16H2,(H,20,21). The smallest absolute Gasteiger partial charge is 0.407 e. The van der Waals surface area contributed by atoms with Crippen molar-refractivity contribution in [3.05, 3.63) is 48.3 Å². The fraction of sp³-hybridized carbons (Fsp3) is 0.333. The highest BCUT2D eigenvalue weighted by Gasteiger charge is 2.32. The lowest BCUT2D eigenvalue weighted by Crippen LogP contribution is -2.44. The topological polar surface area (TPSA) is 84.4 Å². The number of hydrogen-bond donors (Lipinski definition) is 2. The predicted molar refractivity (Wildman–Crippen MR) is 87.1 cm³/mol. The molecular weight excluding hydrogens is 300 g/mol. The Morgan fingerprint density at radius 1 is 1.41 bits per heavy atom. The highest BCUT2D eigenvalue weighted by molar-refractivity contribution is 8.00. The first-order chi connectivity index (χ1) is 10.6. The zero-order chi connectivity index (χ0) is 15.5. The Balaban J connectivity index is 1.93. The van der Waals surface area contributed by atoms with Crippen LogP contribution in [0.2, 0.25) is 0 Å². The van der Waals surface area contributed by atoms with E-state index in [1.165, 1.54) is 4.90 Å². The molecular formula is C15H18N4O2S. The average molecular weight is 318 g/mol. The van der Waals surface area contributed by atoms with Crippen molar-refractivity contribution in [2.45, 2.75) is 11.3 Å². The maximum absolute atomic E-state index is 11.3. The number of anilines is 1. The molecule has 1 fully saturated rings. The second kappa shape index (κ2) is 6.31. The number of amides is 1. The van der Waals surface area contributed by atoms with E-state index < -0.39 is 6.09 Å². The van der Waals surface area contributed by atoms with Crippen LogP contribution >= 0.6 is 11.8 Å². The van der Waals surface area contributed by atoms with Gasteiger partial charge in [0.15, 0.2) is 0 Å². The molecule has 1 aliphatic heterocycles. The summed E-state index contributed by atoms with van der Waals surface area (Å²) in [6.07, 6.45) is 2.56. The summed E-state index contributed by atoms with van der Waals surface area (Å²) in [6, 6.07) is 9.99. The van der Waals surface area contributed by atoms with Crippen LogP contribution < -0.4 is 5.73 Å². The Morgan fingerprint density at radius 2 is 2.18 bits per heavy atom. The van der Waals surface area contributed by atoms with Crippen LogP contribution in [0.5, 0.6) is 0 Å². The number of carboxylic acid groups (broad SMARTS) is 1. The fourth-order valence-corrected chi connectivity index (χ4v) is 4.11. The molecule has 22 heavy (non-hydrogen) atoms. The Morgan fingerprint density at radius 3 is 2.82 bits per heavy atom. The van der Waals surface area contributed by atoms with E-state index in [0.29, 0.717) is 18.8 Å². The third-order valence-electron chi connectivity index (χ3n) is 3.76. The van der Waals surface area contributed by atoms with Gasteiger partial charge in [-0.3, -0.25) is 4.68 Å².